The van der Waals surface area contributed by atoms with Gasteiger partial charge in [-0.2, -0.15) is 0 Å². The van der Waals surface area contributed by atoms with Gasteiger partial charge in [-0.3, -0.25) is 0 Å². The fourth-order valence-corrected chi connectivity index (χ4v) is 2.04. The van der Waals surface area contributed by atoms with Gasteiger partial charge in [-0.15, -0.1) is 0 Å². The zero-order chi connectivity index (χ0) is 13.1. The molecule has 0 amide bonds. The molecular formula is C14H14ClFN2. The minimum Gasteiger partial charge on any atom is -0.396 e. The van der Waals surface area contributed by atoms with Gasteiger partial charge < -0.3 is 10.6 Å². The zero-order valence-electron chi connectivity index (χ0n) is 10.0. The summed E-state index contributed by atoms with van der Waals surface area (Å²) in [6.07, 6.45) is 0. The smallest absolute Gasteiger partial charge is 0.123 e. The first-order chi connectivity index (χ1) is 8.63. The van der Waals surface area contributed by atoms with Crippen molar-refractivity contribution in [2.75, 3.05) is 17.2 Å². The maximum Gasteiger partial charge on any atom is 0.123 e. The largest absolute Gasteiger partial charge is 0.396 e. The fourth-order valence-electron chi connectivity index (χ4n) is 1.87. The predicted molar refractivity (Wildman–Crippen MR) is 74.9 cm³/mol. The summed E-state index contributed by atoms with van der Waals surface area (Å²) in [6.45, 7) is 2.72. The molecule has 0 aliphatic heterocycles. The van der Waals surface area contributed by atoms with E-state index in [2.05, 4.69) is 0 Å². The quantitative estimate of drug-likeness (QED) is 0.841. The molecule has 4 heteroatoms. The Morgan fingerprint density at radius 1 is 1.17 bits per heavy atom. The Balaban J connectivity index is 2.45. The summed E-state index contributed by atoms with van der Waals surface area (Å²) in [5.41, 5.74) is 8.22. The highest BCUT2D eigenvalue weighted by atomic mass is 35.5. The molecule has 0 heterocycles. The molecule has 0 aliphatic carbocycles. The highest BCUT2D eigenvalue weighted by molar-refractivity contribution is 6.33. The molecule has 0 aliphatic rings. The standard InChI is InChI=1S/C14H14ClFN2/c1-2-18(11-8-6-10(16)7-9-11)13-5-3-4-12(15)14(13)17/h3-9H,2,17H2,1H3. The van der Waals surface area contributed by atoms with Gasteiger partial charge in [0.05, 0.1) is 16.4 Å². The van der Waals surface area contributed by atoms with Crippen LogP contribution in [0.3, 0.4) is 0 Å². The minimum absolute atomic E-state index is 0.256. The van der Waals surface area contributed by atoms with Crippen molar-refractivity contribution >= 4 is 28.7 Å². The highest BCUT2D eigenvalue weighted by Crippen LogP contribution is 2.34. The van der Waals surface area contributed by atoms with Crippen LogP contribution in [0, 0.1) is 5.82 Å². The molecule has 2 nitrogen and oxygen atoms in total. The highest BCUT2D eigenvalue weighted by Gasteiger charge is 2.12. The first-order valence-corrected chi connectivity index (χ1v) is 6.08. The number of nitrogens with two attached hydrogens (primary N) is 1. The van der Waals surface area contributed by atoms with Crippen LogP contribution in [0.25, 0.3) is 0 Å². The van der Waals surface area contributed by atoms with E-state index in [0.717, 1.165) is 17.9 Å². The molecule has 0 bridgehead atoms. The molecule has 94 valence electrons. The topological polar surface area (TPSA) is 29.3 Å². The van der Waals surface area contributed by atoms with E-state index in [9.17, 15) is 4.39 Å². The van der Waals surface area contributed by atoms with Gasteiger partial charge in [0.15, 0.2) is 0 Å². The summed E-state index contributed by atoms with van der Waals surface area (Å²) in [5.74, 6) is -0.256. The molecule has 0 atom stereocenters. The van der Waals surface area contributed by atoms with Gasteiger partial charge in [-0.25, -0.2) is 4.39 Å². The third kappa shape index (κ3) is 2.41. The third-order valence-corrected chi connectivity index (χ3v) is 3.10. The number of nitrogen functional groups attached to an aromatic ring is 1. The molecule has 0 saturated carbocycles. The molecule has 2 N–H and O–H groups in total. The van der Waals surface area contributed by atoms with Crippen LogP contribution in [0.4, 0.5) is 21.5 Å². The Hall–Kier alpha value is -1.74. The molecular weight excluding hydrogens is 251 g/mol. The SMILES string of the molecule is CCN(c1ccc(F)cc1)c1cccc(Cl)c1N. The average Bonchev–Trinajstić information content (AvgIpc) is 2.37. The van der Waals surface area contributed by atoms with Crippen molar-refractivity contribution in [1.29, 1.82) is 0 Å². The van der Waals surface area contributed by atoms with Crippen LogP contribution in [0.2, 0.25) is 5.02 Å². The number of nitrogens with zero attached hydrogens (tertiary/aromatic N) is 1. The van der Waals surface area contributed by atoms with Crippen LogP contribution in [0.1, 0.15) is 6.92 Å². The molecule has 2 aromatic rings. The number of hydrogen-bond donors (Lipinski definition) is 1. The van der Waals surface area contributed by atoms with E-state index >= 15 is 0 Å². The van der Waals surface area contributed by atoms with E-state index in [1.807, 2.05) is 24.0 Å². The first kappa shape index (κ1) is 12.7. The monoisotopic (exact) mass is 264 g/mol. The molecule has 2 rings (SSSR count). The van der Waals surface area contributed by atoms with Crippen molar-refractivity contribution < 1.29 is 4.39 Å². The second-order valence-electron chi connectivity index (χ2n) is 3.89. The molecule has 0 fully saturated rings. The van der Waals surface area contributed by atoms with E-state index in [-0.39, 0.29) is 5.82 Å². The van der Waals surface area contributed by atoms with E-state index in [4.69, 9.17) is 17.3 Å². The van der Waals surface area contributed by atoms with Crippen LogP contribution >= 0.6 is 11.6 Å². The van der Waals surface area contributed by atoms with Crippen LogP contribution in [-0.4, -0.2) is 6.54 Å². The summed E-state index contributed by atoms with van der Waals surface area (Å²) < 4.78 is 12.9. The number of hydrogen-bond acceptors (Lipinski definition) is 2. The number of anilines is 3. The lowest BCUT2D eigenvalue weighted by Crippen LogP contribution is -2.17. The van der Waals surface area contributed by atoms with Crippen molar-refractivity contribution in [2.24, 2.45) is 0 Å². The normalized spacial score (nSPS) is 10.4. The third-order valence-electron chi connectivity index (χ3n) is 2.78. The molecule has 0 radical (unpaired) electrons. The minimum atomic E-state index is -0.256. The van der Waals surface area contributed by atoms with Gasteiger partial charge in [-0.1, -0.05) is 17.7 Å². The van der Waals surface area contributed by atoms with Gasteiger partial charge in [0, 0.05) is 12.2 Å². The second-order valence-corrected chi connectivity index (χ2v) is 4.30. The number of rotatable bonds is 3. The summed E-state index contributed by atoms with van der Waals surface area (Å²) in [6, 6.07) is 11.8. The summed E-state index contributed by atoms with van der Waals surface area (Å²) in [7, 11) is 0. The number of benzene rings is 2. The Morgan fingerprint density at radius 2 is 1.83 bits per heavy atom. The van der Waals surface area contributed by atoms with E-state index in [0.29, 0.717) is 10.7 Å². The molecule has 0 unspecified atom stereocenters. The Bertz CT molecular complexity index is 540. The lowest BCUT2D eigenvalue weighted by molar-refractivity contribution is 0.628. The lowest BCUT2D eigenvalue weighted by Gasteiger charge is -2.25. The Morgan fingerprint density at radius 3 is 2.44 bits per heavy atom. The van der Waals surface area contributed by atoms with Gasteiger partial charge in [0.2, 0.25) is 0 Å². The lowest BCUT2D eigenvalue weighted by atomic mass is 10.2. The van der Waals surface area contributed by atoms with E-state index in [1.54, 1.807) is 18.2 Å². The van der Waals surface area contributed by atoms with Gasteiger partial charge >= 0.3 is 0 Å². The summed E-state index contributed by atoms with van der Waals surface area (Å²) >= 11 is 6.02. The van der Waals surface area contributed by atoms with Crippen LogP contribution in [0.15, 0.2) is 42.5 Å². The Kier molecular flexibility index (Phi) is 3.72. The van der Waals surface area contributed by atoms with Crippen molar-refractivity contribution in [3.8, 4) is 0 Å². The van der Waals surface area contributed by atoms with Gasteiger partial charge in [0.25, 0.3) is 0 Å². The van der Waals surface area contributed by atoms with Crippen molar-refractivity contribution in [2.45, 2.75) is 6.92 Å². The first-order valence-electron chi connectivity index (χ1n) is 5.70. The average molecular weight is 265 g/mol. The van der Waals surface area contributed by atoms with Gasteiger partial charge in [0.1, 0.15) is 5.82 Å². The molecule has 18 heavy (non-hydrogen) atoms. The van der Waals surface area contributed by atoms with Crippen molar-refractivity contribution in [3.05, 3.63) is 53.3 Å². The Labute approximate surface area is 111 Å². The predicted octanol–water partition coefficient (Wildman–Crippen LogP) is 4.22. The number of halogens is 2. The van der Waals surface area contributed by atoms with E-state index in [1.165, 1.54) is 12.1 Å². The van der Waals surface area contributed by atoms with Crippen molar-refractivity contribution in [1.82, 2.24) is 0 Å². The van der Waals surface area contributed by atoms with Crippen LogP contribution < -0.4 is 10.6 Å². The fraction of sp³-hybridized carbons (Fsp3) is 0.143. The summed E-state index contributed by atoms with van der Waals surface area (Å²) in [4.78, 5) is 1.99. The zero-order valence-corrected chi connectivity index (χ0v) is 10.8. The van der Waals surface area contributed by atoms with E-state index < -0.39 is 0 Å². The van der Waals surface area contributed by atoms with Crippen molar-refractivity contribution in [3.63, 3.8) is 0 Å². The maximum atomic E-state index is 12.9. The molecule has 0 aromatic heterocycles. The van der Waals surface area contributed by atoms with Crippen LogP contribution in [-0.2, 0) is 0 Å². The maximum absolute atomic E-state index is 12.9. The summed E-state index contributed by atoms with van der Waals surface area (Å²) in [5, 5.41) is 0.521. The van der Waals surface area contributed by atoms with Gasteiger partial charge in [-0.05, 0) is 43.3 Å². The van der Waals surface area contributed by atoms with Crippen LogP contribution in [0.5, 0.6) is 0 Å². The molecule has 0 spiro atoms. The molecule has 0 saturated heterocycles. The molecule has 2 aromatic carbocycles. The number of para-hydroxylation sites is 1. The second kappa shape index (κ2) is 5.27.